The largest absolute Gasteiger partial charge is 0.416 e. The topological polar surface area (TPSA) is 81.7 Å². The van der Waals surface area contributed by atoms with Crippen LogP contribution in [0.2, 0.25) is 0 Å². The molecule has 44 heavy (non-hydrogen) atoms. The number of aliphatic hydroxyl groups excluding tert-OH is 1. The number of hydrogen-bond acceptors (Lipinski definition) is 4. The van der Waals surface area contributed by atoms with E-state index in [1.54, 1.807) is 19.1 Å². The number of benzene rings is 3. The van der Waals surface area contributed by atoms with Gasteiger partial charge >= 0.3 is 6.18 Å². The van der Waals surface area contributed by atoms with Crippen molar-refractivity contribution in [1.82, 2.24) is 4.90 Å². The number of carbonyl (C=O) groups is 2. The van der Waals surface area contributed by atoms with Crippen LogP contribution in [0, 0.1) is 23.5 Å². The molecule has 3 aromatic rings. The normalized spacial score (nSPS) is 20.9. The molecule has 6 nitrogen and oxygen atoms in total. The number of nitrogens with zero attached hydrogens (tertiary/aromatic N) is 1. The lowest BCUT2D eigenvalue weighted by atomic mass is 9.79. The molecule has 1 aliphatic heterocycles. The maximum atomic E-state index is 14.8. The van der Waals surface area contributed by atoms with E-state index in [9.17, 15) is 36.6 Å². The number of carbonyl (C=O) groups excluding carboxylic acids is 2. The molecular formula is C33H34F5N3O3. The van der Waals surface area contributed by atoms with Crippen LogP contribution in [0.3, 0.4) is 0 Å². The summed E-state index contributed by atoms with van der Waals surface area (Å²) in [5.74, 6) is -4.87. The first-order valence-electron chi connectivity index (χ1n) is 14.7. The van der Waals surface area contributed by atoms with Crippen molar-refractivity contribution in [1.29, 1.82) is 0 Å². The summed E-state index contributed by atoms with van der Waals surface area (Å²) in [4.78, 5) is 28.9. The number of rotatable bonds is 7. The van der Waals surface area contributed by atoms with Crippen LogP contribution in [0.1, 0.15) is 72.1 Å². The number of piperidine rings is 1. The minimum atomic E-state index is -4.76. The van der Waals surface area contributed by atoms with Gasteiger partial charge in [-0.3, -0.25) is 9.59 Å². The highest BCUT2D eigenvalue weighted by Crippen LogP contribution is 2.41. The zero-order valence-electron chi connectivity index (χ0n) is 24.1. The second-order valence-corrected chi connectivity index (χ2v) is 11.7. The van der Waals surface area contributed by atoms with Crippen LogP contribution in [0.15, 0.2) is 60.7 Å². The van der Waals surface area contributed by atoms with E-state index < -0.39 is 59.3 Å². The van der Waals surface area contributed by atoms with Gasteiger partial charge in [-0.25, -0.2) is 8.78 Å². The first kappa shape index (κ1) is 31.4. The third-order valence-electron chi connectivity index (χ3n) is 8.49. The molecule has 1 heterocycles. The second kappa shape index (κ2) is 12.9. The predicted octanol–water partition coefficient (Wildman–Crippen LogP) is 7.31. The fraction of sp³-hybridized carbons (Fsp3) is 0.394. The Kier molecular flexibility index (Phi) is 9.24. The van der Waals surface area contributed by atoms with Gasteiger partial charge in [-0.05, 0) is 72.7 Å². The zero-order chi connectivity index (χ0) is 31.6. The molecule has 11 heteroatoms. The van der Waals surface area contributed by atoms with Gasteiger partial charge in [-0.1, -0.05) is 44.0 Å². The molecule has 2 aliphatic rings. The summed E-state index contributed by atoms with van der Waals surface area (Å²) in [5.41, 5.74) is -0.887. The maximum Gasteiger partial charge on any atom is 0.416 e. The molecule has 3 atom stereocenters. The van der Waals surface area contributed by atoms with E-state index in [0.717, 1.165) is 61.7 Å². The molecule has 0 spiro atoms. The van der Waals surface area contributed by atoms with Crippen LogP contribution in [0.5, 0.6) is 0 Å². The smallest absolute Gasteiger partial charge is 0.392 e. The Labute approximate surface area is 252 Å². The molecule has 234 valence electrons. The lowest BCUT2D eigenvalue weighted by Crippen LogP contribution is -2.49. The zero-order valence-corrected chi connectivity index (χ0v) is 24.1. The minimum absolute atomic E-state index is 0.104. The van der Waals surface area contributed by atoms with Crippen molar-refractivity contribution in [2.75, 3.05) is 17.2 Å². The molecule has 2 fully saturated rings. The Balaban J connectivity index is 1.51. The minimum Gasteiger partial charge on any atom is -0.392 e. The molecule has 0 radical (unpaired) electrons. The van der Waals surface area contributed by atoms with Gasteiger partial charge in [0, 0.05) is 24.0 Å². The average molecular weight is 616 g/mol. The van der Waals surface area contributed by atoms with E-state index in [0.29, 0.717) is 11.6 Å². The number of anilines is 2. The van der Waals surface area contributed by atoms with Gasteiger partial charge in [-0.2, -0.15) is 13.2 Å². The van der Waals surface area contributed by atoms with Gasteiger partial charge in [0.15, 0.2) is 0 Å². The average Bonchev–Trinajstić information content (AvgIpc) is 3.49. The lowest BCUT2D eigenvalue weighted by molar-refractivity contribution is -0.138. The first-order valence-corrected chi connectivity index (χ1v) is 14.7. The van der Waals surface area contributed by atoms with E-state index in [1.807, 2.05) is 12.1 Å². The van der Waals surface area contributed by atoms with Crippen LogP contribution < -0.4 is 10.6 Å². The highest BCUT2D eigenvalue weighted by Gasteiger charge is 2.43. The van der Waals surface area contributed by atoms with Crippen LogP contribution >= 0.6 is 0 Å². The Morgan fingerprint density at radius 1 is 0.955 bits per heavy atom. The van der Waals surface area contributed by atoms with E-state index in [-0.39, 0.29) is 30.1 Å². The van der Waals surface area contributed by atoms with Gasteiger partial charge in [0.2, 0.25) is 5.91 Å². The highest BCUT2D eigenvalue weighted by molar-refractivity contribution is 5.97. The summed E-state index contributed by atoms with van der Waals surface area (Å²) in [6.07, 6.45) is -0.106. The van der Waals surface area contributed by atoms with E-state index in [1.165, 1.54) is 11.0 Å². The van der Waals surface area contributed by atoms with Crippen molar-refractivity contribution >= 4 is 23.2 Å². The van der Waals surface area contributed by atoms with Crippen molar-refractivity contribution in [2.24, 2.45) is 11.8 Å². The van der Waals surface area contributed by atoms with Crippen molar-refractivity contribution in [3.8, 4) is 0 Å². The van der Waals surface area contributed by atoms with Gasteiger partial charge in [0.25, 0.3) is 5.91 Å². The molecule has 0 unspecified atom stereocenters. The van der Waals surface area contributed by atoms with Crippen LogP contribution in [0.25, 0.3) is 0 Å². The molecule has 5 rings (SSSR count). The molecule has 1 saturated heterocycles. The van der Waals surface area contributed by atoms with Gasteiger partial charge < -0.3 is 20.6 Å². The fourth-order valence-electron chi connectivity index (χ4n) is 6.39. The van der Waals surface area contributed by atoms with E-state index in [4.69, 9.17) is 0 Å². The van der Waals surface area contributed by atoms with Crippen molar-refractivity contribution < 1.29 is 36.6 Å². The second-order valence-electron chi connectivity index (χ2n) is 11.7. The van der Waals surface area contributed by atoms with Crippen molar-refractivity contribution in [3.05, 3.63) is 94.6 Å². The Hall–Kier alpha value is -3.99. The summed E-state index contributed by atoms with van der Waals surface area (Å²) < 4.78 is 70.5. The summed E-state index contributed by atoms with van der Waals surface area (Å²) in [7, 11) is 0. The van der Waals surface area contributed by atoms with Crippen LogP contribution in [-0.2, 0) is 17.6 Å². The molecule has 3 N–H and O–H groups in total. The molecule has 1 aliphatic carbocycles. The Morgan fingerprint density at radius 3 is 2.20 bits per heavy atom. The predicted molar refractivity (Wildman–Crippen MR) is 156 cm³/mol. The maximum absolute atomic E-state index is 14.8. The standard InChI is InChI=1S/C33H34F5N3O3/c1-19-15-25(31(43)40-24-14-11-21(18-42)26(16-24)33(36,37)38)30(20-9-12-23(13-10-20)39-22-5-2-3-6-22)41(17-19)32(44)29-27(34)7-4-8-28(29)35/h4,7-14,16,19,22,25,30,39,42H,2-3,5-6,15,17-18H2,1H3,(H,40,43)/t19-,25+,30+/m1/s1. The van der Waals surface area contributed by atoms with Gasteiger partial charge in [0.1, 0.15) is 17.2 Å². The van der Waals surface area contributed by atoms with E-state index in [2.05, 4.69) is 10.6 Å². The number of hydrogen-bond donors (Lipinski definition) is 3. The van der Waals surface area contributed by atoms with Gasteiger partial charge in [-0.15, -0.1) is 0 Å². The molecular weight excluding hydrogens is 581 g/mol. The molecule has 1 saturated carbocycles. The lowest BCUT2D eigenvalue weighted by Gasteiger charge is -2.43. The van der Waals surface area contributed by atoms with Crippen molar-refractivity contribution in [2.45, 2.75) is 63.9 Å². The number of nitrogens with one attached hydrogen (secondary N) is 2. The third kappa shape index (κ3) is 6.72. The monoisotopic (exact) mass is 615 g/mol. The fourth-order valence-corrected chi connectivity index (χ4v) is 6.39. The van der Waals surface area contributed by atoms with Crippen LogP contribution in [-0.4, -0.2) is 34.4 Å². The molecule has 2 amide bonds. The number of alkyl halides is 3. The number of amides is 2. The SMILES string of the molecule is C[C@@H]1C[C@H](C(=O)Nc2ccc(CO)c(C(F)(F)F)c2)[C@H](c2ccc(NC3CCCC3)cc2)N(C(=O)c2c(F)cccc2F)C1. The molecule has 3 aromatic carbocycles. The quantitative estimate of drug-likeness (QED) is 0.244. The van der Waals surface area contributed by atoms with Crippen LogP contribution in [0.4, 0.5) is 33.3 Å². The van der Waals surface area contributed by atoms with E-state index >= 15 is 0 Å². The number of halogens is 5. The van der Waals surface area contributed by atoms with Crippen molar-refractivity contribution in [3.63, 3.8) is 0 Å². The summed E-state index contributed by atoms with van der Waals surface area (Å²) in [6, 6.07) is 12.8. The summed E-state index contributed by atoms with van der Waals surface area (Å²) in [6.45, 7) is 1.06. The molecule has 0 bridgehead atoms. The van der Waals surface area contributed by atoms with Gasteiger partial charge in [0.05, 0.1) is 24.1 Å². The molecule has 0 aromatic heterocycles. The summed E-state index contributed by atoms with van der Waals surface area (Å²) in [5, 5.41) is 15.4. The third-order valence-corrected chi connectivity index (χ3v) is 8.49. The number of likely N-dealkylation sites (tertiary alicyclic amines) is 1. The number of aliphatic hydroxyl groups is 1. The highest BCUT2D eigenvalue weighted by atomic mass is 19.4. The Bertz CT molecular complexity index is 1490. The first-order chi connectivity index (χ1) is 21.0. The summed E-state index contributed by atoms with van der Waals surface area (Å²) >= 11 is 0. The Morgan fingerprint density at radius 2 is 1.59 bits per heavy atom.